The molecule has 2 heterocycles. The van der Waals surface area contributed by atoms with Crippen LogP contribution in [0.5, 0.6) is 5.75 Å². The van der Waals surface area contributed by atoms with E-state index in [2.05, 4.69) is 29.9 Å². The first kappa shape index (κ1) is 14.7. The molecule has 3 rings (SSSR count). The van der Waals surface area contributed by atoms with Crippen LogP contribution in [0.2, 0.25) is 9.36 Å². The Kier molecular flexibility index (Phi) is 4.11. The number of halogens is 2. The smallest absolute Gasteiger partial charge is 0.140 e. The van der Waals surface area contributed by atoms with Crippen LogP contribution in [0.15, 0.2) is 23.7 Å². The molecular weight excluding hydrogens is 327 g/mol. The third-order valence-corrected chi connectivity index (χ3v) is 4.71. The Morgan fingerprint density at radius 2 is 2.10 bits per heavy atom. The lowest BCUT2D eigenvalue weighted by Crippen LogP contribution is -1.96. The Balaban J connectivity index is 1.88. The molecule has 2 aromatic heterocycles. The van der Waals surface area contributed by atoms with Gasteiger partial charge in [-0.25, -0.2) is 4.98 Å². The number of benzene rings is 1. The van der Waals surface area contributed by atoms with Gasteiger partial charge in [0.2, 0.25) is 0 Å². The summed E-state index contributed by atoms with van der Waals surface area (Å²) in [5.41, 5.74) is 4.63. The average molecular weight is 341 g/mol. The van der Waals surface area contributed by atoms with Crippen LogP contribution in [0.4, 0.5) is 0 Å². The molecule has 3 nitrogen and oxygen atoms in total. The Morgan fingerprint density at radius 3 is 2.76 bits per heavy atom. The molecule has 21 heavy (non-hydrogen) atoms. The maximum Gasteiger partial charge on any atom is 0.140 e. The summed E-state index contributed by atoms with van der Waals surface area (Å²) in [5, 5.41) is 1.67. The van der Waals surface area contributed by atoms with Gasteiger partial charge in [-0.05, 0) is 18.1 Å². The molecule has 0 aliphatic heterocycles. The van der Waals surface area contributed by atoms with Gasteiger partial charge in [-0.1, -0.05) is 37.0 Å². The Hall–Kier alpha value is -1.23. The normalized spacial score (nSPS) is 11.5. The molecule has 1 N–H and O–H groups in total. The van der Waals surface area contributed by atoms with Gasteiger partial charge in [-0.3, -0.25) is 0 Å². The zero-order valence-corrected chi connectivity index (χ0v) is 13.9. The second kappa shape index (κ2) is 5.87. The maximum absolute atomic E-state index is 6.28. The van der Waals surface area contributed by atoms with Crippen LogP contribution in [-0.4, -0.2) is 9.97 Å². The van der Waals surface area contributed by atoms with Crippen LogP contribution < -0.4 is 4.74 Å². The highest BCUT2D eigenvalue weighted by molar-refractivity contribution is 7.14. The highest BCUT2D eigenvalue weighted by Crippen LogP contribution is 2.32. The van der Waals surface area contributed by atoms with Crippen molar-refractivity contribution >= 4 is 45.4 Å². The van der Waals surface area contributed by atoms with E-state index in [1.807, 2.05) is 12.1 Å². The number of nitrogens with one attached hydrogen (secondary N) is 1. The monoisotopic (exact) mass is 340 g/mol. The minimum atomic E-state index is 0.311. The van der Waals surface area contributed by atoms with Crippen molar-refractivity contribution in [3.05, 3.63) is 44.5 Å². The topological polar surface area (TPSA) is 37.9 Å². The second-order valence-corrected chi connectivity index (χ2v) is 6.97. The minimum absolute atomic E-state index is 0.311. The fourth-order valence-corrected chi connectivity index (χ4v) is 3.04. The number of nitrogens with zero attached hydrogens (tertiary/aromatic N) is 1. The first-order valence-electron chi connectivity index (χ1n) is 6.57. The van der Waals surface area contributed by atoms with E-state index in [1.165, 1.54) is 17.0 Å². The van der Waals surface area contributed by atoms with Gasteiger partial charge in [-0.15, -0.1) is 11.3 Å². The summed E-state index contributed by atoms with van der Waals surface area (Å²) >= 11 is 13.7. The highest BCUT2D eigenvalue weighted by atomic mass is 35.5. The predicted molar refractivity (Wildman–Crippen MR) is 88.9 cm³/mol. The number of hydrogen-bond donors (Lipinski definition) is 1. The fraction of sp³-hybridized carbons (Fsp3) is 0.267. The SMILES string of the molecule is CC(C)c1cc2cc(Cl)c(OCc3ncsc3Cl)cc2[nH]1. The van der Waals surface area contributed by atoms with Crippen molar-refractivity contribution in [2.75, 3.05) is 0 Å². The summed E-state index contributed by atoms with van der Waals surface area (Å²) in [6.07, 6.45) is 0. The van der Waals surface area contributed by atoms with Crippen molar-refractivity contribution in [2.24, 2.45) is 0 Å². The van der Waals surface area contributed by atoms with Crippen LogP contribution in [0.1, 0.15) is 31.2 Å². The first-order valence-corrected chi connectivity index (χ1v) is 8.21. The lowest BCUT2D eigenvalue weighted by Gasteiger charge is -2.07. The van der Waals surface area contributed by atoms with Crippen LogP contribution in [0.25, 0.3) is 10.9 Å². The maximum atomic E-state index is 6.28. The second-order valence-electron chi connectivity index (χ2n) is 5.11. The van der Waals surface area contributed by atoms with Crippen molar-refractivity contribution in [3.63, 3.8) is 0 Å². The molecule has 0 unspecified atom stereocenters. The van der Waals surface area contributed by atoms with E-state index in [0.29, 0.717) is 27.6 Å². The lowest BCUT2D eigenvalue weighted by molar-refractivity contribution is 0.303. The largest absolute Gasteiger partial charge is 0.486 e. The molecule has 0 aliphatic carbocycles. The van der Waals surface area contributed by atoms with E-state index in [0.717, 1.165) is 16.6 Å². The molecule has 0 atom stereocenters. The van der Waals surface area contributed by atoms with E-state index in [1.54, 1.807) is 5.51 Å². The Bertz CT molecular complexity index is 779. The zero-order chi connectivity index (χ0) is 15.0. The third kappa shape index (κ3) is 3.03. The molecule has 0 aliphatic rings. The molecule has 0 saturated heterocycles. The van der Waals surface area contributed by atoms with Gasteiger partial charge < -0.3 is 9.72 Å². The third-order valence-electron chi connectivity index (χ3n) is 3.27. The van der Waals surface area contributed by atoms with Crippen LogP contribution in [0.3, 0.4) is 0 Å². The average Bonchev–Trinajstić information content (AvgIpc) is 3.02. The van der Waals surface area contributed by atoms with Gasteiger partial charge in [0.25, 0.3) is 0 Å². The van der Waals surface area contributed by atoms with Crippen LogP contribution in [-0.2, 0) is 6.61 Å². The summed E-state index contributed by atoms with van der Waals surface area (Å²) in [4.78, 5) is 7.55. The van der Waals surface area contributed by atoms with E-state index >= 15 is 0 Å². The van der Waals surface area contributed by atoms with Gasteiger partial charge in [0.15, 0.2) is 0 Å². The summed E-state index contributed by atoms with van der Waals surface area (Å²) < 4.78 is 6.39. The van der Waals surface area contributed by atoms with Gasteiger partial charge in [-0.2, -0.15) is 0 Å². The number of rotatable bonds is 4. The molecular formula is C15H14Cl2N2OS. The molecule has 3 aromatic rings. The van der Waals surface area contributed by atoms with E-state index in [-0.39, 0.29) is 0 Å². The van der Waals surface area contributed by atoms with E-state index < -0.39 is 0 Å². The summed E-state index contributed by atoms with van der Waals surface area (Å²) in [6.45, 7) is 4.60. The lowest BCUT2D eigenvalue weighted by atomic mass is 10.1. The molecule has 0 amide bonds. The van der Waals surface area contributed by atoms with Gasteiger partial charge in [0.05, 0.1) is 10.5 Å². The fourth-order valence-electron chi connectivity index (χ4n) is 2.07. The number of aromatic amines is 1. The quantitative estimate of drug-likeness (QED) is 0.667. The minimum Gasteiger partial charge on any atom is -0.486 e. The number of hydrogen-bond acceptors (Lipinski definition) is 3. The molecule has 0 radical (unpaired) electrons. The first-order chi connectivity index (χ1) is 10.0. The number of fused-ring (bicyclic) bond motifs is 1. The highest BCUT2D eigenvalue weighted by Gasteiger charge is 2.11. The van der Waals surface area contributed by atoms with Crippen molar-refractivity contribution in [2.45, 2.75) is 26.4 Å². The molecule has 0 fully saturated rings. The summed E-state index contributed by atoms with van der Waals surface area (Å²) in [5.74, 6) is 1.07. The number of H-pyrrole nitrogens is 1. The molecule has 0 saturated carbocycles. The van der Waals surface area contributed by atoms with E-state index in [4.69, 9.17) is 27.9 Å². The number of thiazole rings is 1. The number of ether oxygens (including phenoxy) is 1. The molecule has 6 heteroatoms. The van der Waals surface area contributed by atoms with Crippen LogP contribution >= 0.6 is 34.5 Å². The van der Waals surface area contributed by atoms with E-state index in [9.17, 15) is 0 Å². The molecule has 0 bridgehead atoms. The Morgan fingerprint density at radius 1 is 1.29 bits per heavy atom. The molecule has 1 aromatic carbocycles. The summed E-state index contributed by atoms with van der Waals surface area (Å²) in [6, 6.07) is 5.95. The van der Waals surface area contributed by atoms with Crippen molar-refractivity contribution in [3.8, 4) is 5.75 Å². The van der Waals surface area contributed by atoms with Crippen molar-refractivity contribution in [1.82, 2.24) is 9.97 Å². The number of aromatic nitrogens is 2. The molecule has 0 spiro atoms. The van der Waals surface area contributed by atoms with Gasteiger partial charge in [0, 0.05) is 22.7 Å². The van der Waals surface area contributed by atoms with Crippen LogP contribution in [0, 0.1) is 0 Å². The summed E-state index contributed by atoms with van der Waals surface area (Å²) in [7, 11) is 0. The molecule has 110 valence electrons. The van der Waals surface area contributed by atoms with Gasteiger partial charge in [0.1, 0.15) is 22.4 Å². The van der Waals surface area contributed by atoms with Gasteiger partial charge >= 0.3 is 0 Å². The van der Waals surface area contributed by atoms with Crippen molar-refractivity contribution in [1.29, 1.82) is 0 Å². The van der Waals surface area contributed by atoms with Crippen molar-refractivity contribution < 1.29 is 4.74 Å². The Labute approximate surface area is 136 Å². The standard InChI is InChI=1S/C15H14Cl2N2OS/c1-8(2)11-4-9-3-10(16)14(5-12(9)19-11)20-6-13-15(17)21-7-18-13/h3-5,7-8,19H,6H2,1-2H3. The predicted octanol–water partition coefficient (Wildman–Crippen LogP) is 5.63. The zero-order valence-electron chi connectivity index (χ0n) is 11.6.